The number of nitro groups is 1. The van der Waals surface area contributed by atoms with Gasteiger partial charge in [0.25, 0.3) is 18.0 Å². The zero-order chi connectivity index (χ0) is 50.6. The first kappa shape index (κ1) is 49.9. The number of Topliss-reactive ketones (excluding diaryl/α,β-unsaturated/α-hetero) is 1. The highest BCUT2D eigenvalue weighted by Crippen LogP contribution is 2.31. The molecule has 5 nitrogen and oxygen atoms in total. The molecule has 0 N–H and O–H groups in total. The quantitative estimate of drug-likeness (QED) is 0.0213. The fourth-order valence-corrected chi connectivity index (χ4v) is 7.55. The number of benzene rings is 6. The number of carbonyl (C=O) groups is 1. The van der Waals surface area contributed by atoms with Crippen molar-refractivity contribution in [3.8, 4) is 0 Å². The van der Waals surface area contributed by atoms with Crippen LogP contribution < -0.4 is 26.4 Å². The number of pyridine rings is 1. The van der Waals surface area contributed by atoms with E-state index in [1.807, 2.05) is 66.9 Å². The van der Waals surface area contributed by atoms with Crippen molar-refractivity contribution in [2.24, 2.45) is 0 Å². The maximum Gasteiger partial charge on any atom is 0.297 e. The Bertz CT molecular complexity index is 2870. The van der Waals surface area contributed by atoms with Crippen LogP contribution in [0.25, 0.3) is 10.8 Å². The first-order valence-corrected chi connectivity index (χ1v) is 18.2. The molecule has 0 saturated heterocycles. The van der Waals surface area contributed by atoms with E-state index in [-0.39, 0.29) is 0 Å². The van der Waals surface area contributed by atoms with E-state index >= 15 is 35.1 Å². The molecule has 0 atom stereocenters. The van der Waals surface area contributed by atoms with E-state index in [4.69, 9.17) is 0 Å². The van der Waals surface area contributed by atoms with Gasteiger partial charge in [-0.1, -0.05) is 48.5 Å². The molecule has 0 spiro atoms. The molecule has 26 heteroatoms. The van der Waals surface area contributed by atoms with Gasteiger partial charge in [0.2, 0.25) is 0 Å². The third-order valence-electron chi connectivity index (χ3n) is 10.4. The second-order valence-electron chi connectivity index (χ2n) is 14.1. The van der Waals surface area contributed by atoms with Gasteiger partial charge in [-0.25, -0.2) is 87.8 Å². The number of ketones is 1. The van der Waals surface area contributed by atoms with Crippen LogP contribution in [0.3, 0.4) is 0 Å². The summed E-state index contributed by atoms with van der Waals surface area (Å²) in [5, 5.41) is 12.4. The maximum atomic E-state index is 15.4. The average Bonchev–Trinajstić information content (AvgIpc) is 3.31. The summed E-state index contributed by atoms with van der Waals surface area (Å²) >= 11 is 0. The Hall–Kier alpha value is -7.54. The summed E-state index contributed by atoms with van der Waals surface area (Å²) in [6, 6.07) is 19.0. The number of nitrogens with zero attached hydrogens (tertiary/aromatic N) is 2. The van der Waals surface area contributed by atoms with E-state index in [1.54, 1.807) is 4.57 Å². The molecule has 0 aliphatic carbocycles. The maximum absolute atomic E-state index is 15.4. The van der Waals surface area contributed by atoms with Crippen LogP contribution in [-0.4, -0.2) is 23.4 Å². The van der Waals surface area contributed by atoms with Crippen LogP contribution in [0.2, 0.25) is 0 Å². The van der Waals surface area contributed by atoms with E-state index in [0.29, 0.717) is 12.2 Å². The molecule has 68 heavy (non-hydrogen) atoms. The standard InChI is InChI=1S/C24BF20.C18H15N2O3/c26-5-1(6(27)14(35)21(42)13(5)34)25(2-7(28)15(36)22(43)16(37)8(2)29,3-9(30)17(38)23(44)18(39)10(3)31)4-11(32)19(40)24(45)20(41)12(4)33;21-17(13-20(22)23)18-16-9-5-4-8-15(16)10-11-19(18)12-14-6-2-1-3-7-14/h;1-11H,12-13H2/q-1;+1. The van der Waals surface area contributed by atoms with Gasteiger partial charge >= 0.3 is 0 Å². The fraction of sp³-hybridized carbons (Fsp3) is 0.0476. The highest BCUT2D eigenvalue weighted by molar-refractivity contribution is 7.20. The van der Waals surface area contributed by atoms with Crippen molar-refractivity contribution < 1.29 is 102 Å². The molecule has 7 aromatic rings. The van der Waals surface area contributed by atoms with Gasteiger partial charge in [0.1, 0.15) is 52.7 Å². The van der Waals surface area contributed by atoms with Gasteiger partial charge in [-0.15, -0.1) is 21.9 Å². The lowest BCUT2D eigenvalue weighted by atomic mass is 9.12. The van der Waals surface area contributed by atoms with E-state index in [1.165, 1.54) is 0 Å². The number of aromatic nitrogens is 1. The molecular formula is C42H15BF20N2O3. The van der Waals surface area contributed by atoms with Crippen molar-refractivity contribution in [2.45, 2.75) is 6.54 Å². The lowest BCUT2D eigenvalue weighted by molar-refractivity contribution is -0.689. The Morgan fingerprint density at radius 1 is 0.426 bits per heavy atom. The van der Waals surface area contributed by atoms with Crippen molar-refractivity contribution in [1.82, 2.24) is 0 Å². The third-order valence-corrected chi connectivity index (χ3v) is 10.4. The first-order valence-electron chi connectivity index (χ1n) is 18.2. The lowest BCUT2D eigenvalue weighted by Crippen LogP contribution is -2.81. The summed E-state index contributed by atoms with van der Waals surface area (Å²) in [4.78, 5) is 22.6. The molecular weight excluding hydrogens is 971 g/mol. The molecule has 6 aromatic carbocycles. The number of carbonyl (C=O) groups excluding carboxylic acids is 1. The summed E-state index contributed by atoms with van der Waals surface area (Å²) < 4.78 is 296. The molecule has 0 amide bonds. The Morgan fingerprint density at radius 3 is 1.04 bits per heavy atom. The Labute approximate surface area is 364 Å². The molecule has 0 aliphatic rings. The summed E-state index contributed by atoms with van der Waals surface area (Å²) in [7, 11) is 0. The molecule has 1 aromatic heterocycles. The summed E-state index contributed by atoms with van der Waals surface area (Å²) in [5.74, 6) is -71.9. The van der Waals surface area contributed by atoms with Crippen molar-refractivity contribution >= 4 is 44.6 Å². The minimum absolute atomic E-state index is 0.378. The molecule has 0 unspecified atom stereocenters. The van der Waals surface area contributed by atoms with Gasteiger partial charge in [0.05, 0.1) is 5.39 Å². The average molecular weight is 986 g/mol. The molecule has 0 bridgehead atoms. The molecule has 0 saturated carbocycles. The van der Waals surface area contributed by atoms with Crippen molar-refractivity contribution in [2.75, 3.05) is 6.54 Å². The van der Waals surface area contributed by atoms with Crippen LogP contribution in [-0.2, 0) is 6.54 Å². The number of hydrogen-bond acceptors (Lipinski definition) is 3. The molecule has 354 valence electrons. The predicted octanol–water partition coefficient (Wildman–Crippen LogP) is 8.48. The summed E-state index contributed by atoms with van der Waals surface area (Å²) in [6.07, 6.45) is -5.41. The van der Waals surface area contributed by atoms with Crippen LogP contribution in [0.15, 0.2) is 66.9 Å². The van der Waals surface area contributed by atoms with Crippen LogP contribution >= 0.6 is 0 Å². The van der Waals surface area contributed by atoms with Gasteiger partial charge in [0, 0.05) is 16.6 Å². The second-order valence-corrected chi connectivity index (χ2v) is 14.1. The van der Waals surface area contributed by atoms with E-state index in [9.17, 15) is 67.6 Å². The Balaban J connectivity index is 0.000000276. The van der Waals surface area contributed by atoms with Gasteiger partial charge in [-0.3, -0.25) is 14.9 Å². The van der Waals surface area contributed by atoms with E-state index in [0.717, 1.165) is 16.3 Å². The van der Waals surface area contributed by atoms with Gasteiger partial charge in [-0.05, 0) is 11.5 Å². The van der Waals surface area contributed by atoms with Gasteiger partial charge < -0.3 is 0 Å². The zero-order valence-electron chi connectivity index (χ0n) is 32.5. The minimum atomic E-state index is -7.22. The topological polar surface area (TPSA) is 64.1 Å². The SMILES string of the molecule is Fc1c(F)c(F)c([B-](c2c(F)c(F)c(F)c(F)c2F)(c2c(F)c(F)c(F)c(F)c2F)c2c(F)c(F)c(F)c(F)c2F)c(F)c1F.O=C(C[N+](=O)[O-])c1c2ccccc2cc[n+]1Cc1ccccc1. The van der Waals surface area contributed by atoms with Crippen molar-refractivity contribution in [3.63, 3.8) is 0 Å². The third kappa shape index (κ3) is 7.89. The van der Waals surface area contributed by atoms with Crippen molar-refractivity contribution in [1.29, 1.82) is 0 Å². The second kappa shape index (κ2) is 18.6. The van der Waals surface area contributed by atoms with Crippen LogP contribution in [0, 0.1) is 126 Å². The lowest BCUT2D eigenvalue weighted by Gasteiger charge is -2.44. The van der Waals surface area contributed by atoms with Crippen LogP contribution in [0.1, 0.15) is 16.1 Å². The molecule has 1 heterocycles. The fourth-order valence-electron chi connectivity index (χ4n) is 7.55. The van der Waals surface area contributed by atoms with E-state index < -0.39 is 162 Å². The monoisotopic (exact) mass is 986 g/mol. The number of fused-ring (bicyclic) bond motifs is 1. The largest absolute Gasteiger partial charge is 0.297 e. The number of hydrogen-bond donors (Lipinski definition) is 0. The molecule has 7 rings (SSSR count). The number of rotatable bonds is 9. The van der Waals surface area contributed by atoms with E-state index in [2.05, 4.69) is 0 Å². The predicted molar refractivity (Wildman–Crippen MR) is 195 cm³/mol. The molecule has 0 fully saturated rings. The normalized spacial score (nSPS) is 11.5. The highest BCUT2D eigenvalue weighted by Gasteiger charge is 2.52. The zero-order valence-corrected chi connectivity index (χ0v) is 32.5. The first-order chi connectivity index (χ1) is 31.8. The number of halogens is 20. The highest BCUT2D eigenvalue weighted by atomic mass is 19.2. The smallest absolute Gasteiger partial charge is 0.280 e. The minimum Gasteiger partial charge on any atom is -0.280 e. The summed E-state index contributed by atoms with van der Waals surface area (Å²) in [6.45, 7) is -0.215. The van der Waals surface area contributed by atoms with Crippen LogP contribution in [0.4, 0.5) is 87.8 Å². The van der Waals surface area contributed by atoms with Crippen molar-refractivity contribution in [3.05, 3.63) is 205 Å². The molecule has 0 radical (unpaired) electrons. The Morgan fingerprint density at radius 2 is 0.721 bits per heavy atom. The Kier molecular flexibility index (Phi) is 13.7. The summed E-state index contributed by atoms with van der Waals surface area (Å²) in [5.41, 5.74) is -12.9. The van der Waals surface area contributed by atoms with Gasteiger partial charge in [-0.2, -0.15) is 4.57 Å². The van der Waals surface area contributed by atoms with Crippen LogP contribution in [0.5, 0.6) is 0 Å². The van der Waals surface area contributed by atoms with Gasteiger partial charge in [0.15, 0.2) is 82.5 Å². The molecule has 0 aliphatic heterocycles.